The normalized spacial score (nSPS) is 25.8. The standard InChI is InChI=1S/C12H16BrNO2/c1-8-3-9(2)6-14(5-8)12(15)10-4-11(13)16-7-10/h4,7-9H,3,5-6H2,1-2H3/t8-,9-/m0/s1. The molecule has 4 heteroatoms. The minimum Gasteiger partial charge on any atom is -0.457 e. The van der Waals surface area contributed by atoms with Gasteiger partial charge in [0.2, 0.25) is 0 Å². The zero-order valence-corrected chi connectivity index (χ0v) is 11.2. The van der Waals surface area contributed by atoms with Crippen LogP contribution in [0.3, 0.4) is 0 Å². The van der Waals surface area contributed by atoms with Gasteiger partial charge < -0.3 is 9.32 Å². The molecule has 1 amide bonds. The fourth-order valence-corrected chi connectivity index (χ4v) is 2.77. The lowest BCUT2D eigenvalue weighted by Crippen LogP contribution is -2.42. The van der Waals surface area contributed by atoms with Gasteiger partial charge in [0.1, 0.15) is 6.26 Å². The van der Waals surface area contributed by atoms with Crippen molar-refractivity contribution in [2.24, 2.45) is 11.8 Å². The molecular weight excluding hydrogens is 270 g/mol. The maximum atomic E-state index is 12.1. The summed E-state index contributed by atoms with van der Waals surface area (Å²) in [5.74, 6) is 1.25. The van der Waals surface area contributed by atoms with Crippen LogP contribution in [0.2, 0.25) is 0 Å². The molecule has 1 aliphatic rings. The Bertz CT molecular complexity index is 378. The van der Waals surface area contributed by atoms with Crippen LogP contribution >= 0.6 is 15.9 Å². The van der Waals surface area contributed by atoms with Crippen LogP contribution < -0.4 is 0 Å². The molecule has 0 spiro atoms. The third-order valence-corrected chi connectivity index (χ3v) is 3.39. The number of carbonyl (C=O) groups excluding carboxylic acids is 1. The lowest BCUT2D eigenvalue weighted by molar-refractivity contribution is 0.0622. The van der Waals surface area contributed by atoms with Crippen molar-refractivity contribution in [1.29, 1.82) is 0 Å². The molecule has 1 aromatic rings. The minimum atomic E-state index is 0.0767. The van der Waals surface area contributed by atoms with Gasteiger partial charge in [0.05, 0.1) is 5.56 Å². The van der Waals surface area contributed by atoms with E-state index in [1.807, 2.05) is 4.90 Å². The molecule has 1 fully saturated rings. The lowest BCUT2D eigenvalue weighted by atomic mass is 9.91. The number of carbonyl (C=O) groups is 1. The summed E-state index contributed by atoms with van der Waals surface area (Å²) in [4.78, 5) is 14.1. The first-order valence-corrected chi connectivity index (χ1v) is 6.39. The van der Waals surface area contributed by atoms with Crippen LogP contribution in [0.25, 0.3) is 0 Å². The van der Waals surface area contributed by atoms with Crippen molar-refractivity contribution in [1.82, 2.24) is 4.90 Å². The fourth-order valence-electron chi connectivity index (χ4n) is 2.43. The molecule has 16 heavy (non-hydrogen) atoms. The van der Waals surface area contributed by atoms with Crippen LogP contribution in [0.5, 0.6) is 0 Å². The zero-order valence-electron chi connectivity index (χ0n) is 9.57. The van der Waals surface area contributed by atoms with Crippen LogP contribution in [-0.2, 0) is 0 Å². The van der Waals surface area contributed by atoms with Gasteiger partial charge >= 0.3 is 0 Å². The number of piperidine rings is 1. The second kappa shape index (κ2) is 4.62. The first kappa shape index (κ1) is 11.7. The molecule has 1 saturated heterocycles. The van der Waals surface area contributed by atoms with E-state index in [-0.39, 0.29) is 5.91 Å². The van der Waals surface area contributed by atoms with Crippen LogP contribution in [0.1, 0.15) is 30.6 Å². The van der Waals surface area contributed by atoms with E-state index in [1.54, 1.807) is 6.07 Å². The summed E-state index contributed by atoms with van der Waals surface area (Å²) in [6.45, 7) is 6.10. The summed E-state index contributed by atoms with van der Waals surface area (Å²) in [6.07, 6.45) is 2.72. The van der Waals surface area contributed by atoms with Gasteiger partial charge in [0.15, 0.2) is 4.67 Å². The Kier molecular flexibility index (Phi) is 3.38. The summed E-state index contributed by atoms with van der Waals surface area (Å²) >= 11 is 3.21. The Balaban J connectivity index is 2.09. The molecular formula is C12H16BrNO2. The van der Waals surface area contributed by atoms with Gasteiger partial charge in [-0.25, -0.2) is 0 Å². The monoisotopic (exact) mass is 285 g/mol. The van der Waals surface area contributed by atoms with Crippen LogP contribution in [-0.4, -0.2) is 23.9 Å². The van der Waals surface area contributed by atoms with Crippen LogP contribution in [0.15, 0.2) is 21.4 Å². The van der Waals surface area contributed by atoms with Crippen LogP contribution in [0, 0.1) is 11.8 Å². The topological polar surface area (TPSA) is 33.5 Å². The van der Waals surface area contributed by atoms with E-state index in [0.717, 1.165) is 13.1 Å². The van der Waals surface area contributed by atoms with Crippen molar-refractivity contribution in [2.75, 3.05) is 13.1 Å². The van der Waals surface area contributed by atoms with Crippen molar-refractivity contribution in [3.63, 3.8) is 0 Å². The molecule has 2 atom stereocenters. The van der Waals surface area contributed by atoms with Gasteiger partial charge in [-0.05, 0) is 34.2 Å². The van der Waals surface area contributed by atoms with Crippen molar-refractivity contribution >= 4 is 21.8 Å². The molecule has 0 radical (unpaired) electrons. The number of rotatable bonds is 1. The second-order valence-corrected chi connectivity index (χ2v) is 5.58. The summed E-state index contributed by atoms with van der Waals surface area (Å²) in [5, 5.41) is 0. The summed E-state index contributed by atoms with van der Waals surface area (Å²) in [5.41, 5.74) is 0.633. The van der Waals surface area contributed by atoms with Crippen molar-refractivity contribution in [2.45, 2.75) is 20.3 Å². The largest absolute Gasteiger partial charge is 0.457 e. The summed E-state index contributed by atoms with van der Waals surface area (Å²) < 4.78 is 5.70. The van der Waals surface area contributed by atoms with E-state index < -0.39 is 0 Å². The van der Waals surface area contributed by atoms with E-state index in [2.05, 4.69) is 29.8 Å². The van der Waals surface area contributed by atoms with Crippen LogP contribution in [0.4, 0.5) is 0 Å². The Hall–Kier alpha value is -0.770. The van der Waals surface area contributed by atoms with Crippen molar-refractivity contribution < 1.29 is 9.21 Å². The molecule has 0 N–H and O–H groups in total. The lowest BCUT2D eigenvalue weighted by Gasteiger charge is -2.34. The van der Waals surface area contributed by atoms with E-state index >= 15 is 0 Å². The predicted octanol–water partition coefficient (Wildman–Crippen LogP) is 3.16. The molecule has 1 aromatic heterocycles. The highest BCUT2D eigenvalue weighted by atomic mass is 79.9. The molecule has 0 aromatic carbocycles. The Morgan fingerprint density at radius 2 is 2.06 bits per heavy atom. The molecule has 0 saturated carbocycles. The predicted molar refractivity (Wildman–Crippen MR) is 65.3 cm³/mol. The van der Waals surface area contributed by atoms with Gasteiger partial charge in [0.25, 0.3) is 5.91 Å². The maximum Gasteiger partial charge on any atom is 0.257 e. The number of amides is 1. The first-order chi connectivity index (χ1) is 7.56. The Labute approximate surface area is 104 Å². The Morgan fingerprint density at radius 3 is 2.56 bits per heavy atom. The van der Waals surface area contributed by atoms with Crippen molar-refractivity contribution in [3.8, 4) is 0 Å². The van der Waals surface area contributed by atoms with Gasteiger partial charge in [0, 0.05) is 19.2 Å². The first-order valence-electron chi connectivity index (χ1n) is 5.59. The molecule has 2 rings (SSSR count). The third kappa shape index (κ3) is 2.48. The summed E-state index contributed by atoms with van der Waals surface area (Å²) in [7, 11) is 0. The average molecular weight is 286 g/mol. The van der Waals surface area contributed by atoms with Gasteiger partial charge in [-0.3, -0.25) is 4.79 Å². The molecule has 0 unspecified atom stereocenters. The van der Waals surface area contributed by atoms with Crippen molar-refractivity contribution in [3.05, 3.63) is 22.6 Å². The zero-order chi connectivity index (χ0) is 11.7. The van der Waals surface area contributed by atoms with E-state index in [4.69, 9.17) is 4.42 Å². The average Bonchev–Trinajstić information content (AvgIpc) is 2.62. The third-order valence-electron chi connectivity index (χ3n) is 2.97. The smallest absolute Gasteiger partial charge is 0.257 e. The minimum absolute atomic E-state index is 0.0767. The molecule has 2 heterocycles. The van der Waals surface area contributed by atoms with Gasteiger partial charge in [-0.15, -0.1) is 0 Å². The number of halogens is 1. The number of furan rings is 1. The highest BCUT2D eigenvalue weighted by Gasteiger charge is 2.26. The summed E-state index contributed by atoms with van der Waals surface area (Å²) in [6, 6.07) is 1.73. The highest BCUT2D eigenvalue weighted by Crippen LogP contribution is 2.23. The maximum absolute atomic E-state index is 12.1. The second-order valence-electron chi connectivity index (χ2n) is 4.80. The number of nitrogens with zero attached hydrogens (tertiary/aromatic N) is 1. The van der Waals surface area contributed by atoms with E-state index in [9.17, 15) is 4.79 Å². The van der Waals surface area contributed by atoms with Gasteiger partial charge in [-0.1, -0.05) is 13.8 Å². The molecule has 3 nitrogen and oxygen atoms in total. The molecule has 1 aliphatic heterocycles. The molecule has 0 bridgehead atoms. The SMILES string of the molecule is C[C@H]1C[C@H](C)CN(C(=O)c2coc(Br)c2)C1. The molecule has 0 aliphatic carbocycles. The fraction of sp³-hybridized carbons (Fsp3) is 0.583. The Morgan fingerprint density at radius 1 is 1.44 bits per heavy atom. The number of likely N-dealkylation sites (tertiary alicyclic amines) is 1. The van der Waals surface area contributed by atoms with E-state index in [1.165, 1.54) is 12.7 Å². The highest BCUT2D eigenvalue weighted by molar-refractivity contribution is 9.10. The van der Waals surface area contributed by atoms with Gasteiger partial charge in [-0.2, -0.15) is 0 Å². The number of hydrogen-bond donors (Lipinski definition) is 0. The quantitative estimate of drug-likeness (QED) is 0.794. The number of hydrogen-bond acceptors (Lipinski definition) is 2. The van der Waals surface area contributed by atoms with E-state index in [0.29, 0.717) is 22.1 Å². The molecule has 88 valence electrons.